The molecule has 0 bridgehead atoms. The Morgan fingerprint density at radius 2 is 1.83 bits per heavy atom. The number of alkyl halides is 3. The Morgan fingerprint density at radius 1 is 1.12 bits per heavy atom. The molecule has 0 N–H and O–H groups in total. The fourth-order valence-electron chi connectivity index (χ4n) is 2.44. The average molecular weight is 337 g/mol. The van der Waals surface area contributed by atoms with Gasteiger partial charge in [0.15, 0.2) is 0 Å². The molecule has 0 aliphatic carbocycles. The molecule has 6 heteroatoms. The molecule has 128 valence electrons. The number of ether oxygens (including phenoxy) is 1. The minimum absolute atomic E-state index is 0.0638. The molecular formula is C18H18F3NO2. The van der Waals surface area contributed by atoms with Gasteiger partial charge in [-0.2, -0.15) is 13.2 Å². The van der Waals surface area contributed by atoms with Crippen LogP contribution in [-0.4, -0.2) is 25.0 Å². The molecule has 0 saturated heterocycles. The lowest BCUT2D eigenvalue weighted by Gasteiger charge is -2.20. The molecule has 0 unspecified atom stereocenters. The molecule has 2 aromatic carbocycles. The second-order valence-electron chi connectivity index (χ2n) is 5.45. The lowest BCUT2D eigenvalue weighted by Crippen LogP contribution is -2.27. The monoisotopic (exact) mass is 337 g/mol. The highest BCUT2D eigenvalue weighted by Gasteiger charge is 2.33. The highest BCUT2D eigenvalue weighted by atomic mass is 19.4. The lowest BCUT2D eigenvalue weighted by atomic mass is 10.1. The summed E-state index contributed by atoms with van der Waals surface area (Å²) >= 11 is 0. The van der Waals surface area contributed by atoms with Crippen LogP contribution in [0.1, 0.15) is 27.0 Å². The fraction of sp³-hybridized carbons (Fsp3) is 0.278. The van der Waals surface area contributed by atoms with Gasteiger partial charge in [-0.05, 0) is 29.3 Å². The molecule has 0 aliphatic rings. The highest BCUT2D eigenvalue weighted by Crippen LogP contribution is 2.32. The summed E-state index contributed by atoms with van der Waals surface area (Å²) in [5.41, 5.74) is 0.579. The van der Waals surface area contributed by atoms with Crippen molar-refractivity contribution in [2.24, 2.45) is 0 Å². The topological polar surface area (TPSA) is 29.5 Å². The van der Waals surface area contributed by atoms with E-state index in [0.717, 1.165) is 11.6 Å². The van der Waals surface area contributed by atoms with E-state index < -0.39 is 11.7 Å². The molecule has 0 spiro atoms. The summed E-state index contributed by atoms with van der Waals surface area (Å²) in [6, 6.07) is 12.1. The van der Waals surface area contributed by atoms with E-state index in [4.69, 9.17) is 4.74 Å². The van der Waals surface area contributed by atoms with Crippen molar-refractivity contribution in [3.8, 4) is 0 Å². The summed E-state index contributed by atoms with van der Waals surface area (Å²) < 4.78 is 44.2. The van der Waals surface area contributed by atoms with E-state index in [2.05, 4.69) is 0 Å². The predicted molar refractivity (Wildman–Crippen MR) is 84.4 cm³/mol. The van der Waals surface area contributed by atoms with Gasteiger partial charge in [-0.1, -0.05) is 30.3 Å². The molecule has 2 aromatic rings. The molecule has 0 aromatic heterocycles. The van der Waals surface area contributed by atoms with Crippen molar-refractivity contribution >= 4 is 5.91 Å². The van der Waals surface area contributed by atoms with Crippen LogP contribution in [0.5, 0.6) is 0 Å². The predicted octanol–water partition coefficient (Wildman–Crippen LogP) is 4.12. The Hall–Kier alpha value is -2.34. The Morgan fingerprint density at radius 3 is 2.50 bits per heavy atom. The van der Waals surface area contributed by atoms with Crippen LogP contribution >= 0.6 is 0 Å². The maximum Gasteiger partial charge on any atom is 0.416 e. The lowest BCUT2D eigenvalue weighted by molar-refractivity contribution is -0.138. The first-order valence-electron chi connectivity index (χ1n) is 7.31. The van der Waals surface area contributed by atoms with Crippen molar-refractivity contribution < 1.29 is 22.7 Å². The third-order valence-electron chi connectivity index (χ3n) is 3.56. The van der Waals surface area contributed by atoms with Crippen LogP contribution in [0.15, 0.2) is 48.5 Å². The van der Waals surface area contributed by atoms with Gasteiger partial charge in [0.2, 0.25) is 0 Å². The van der Waals surface area contributed by atoms with Crippen molar-refractivity contribution in [2.45, 2.75) is 19.3 Å². The van der Waals surface area contributed by atoms with E-state index in [0.29, 0.717) is 12.2 Å². The molecule has 1 amide bonds. The van der Waals surface area contributed by atoms with Crippen LogP contribution in [0.2, 0.25) is 0 Å². The summed E-state index contributed by atoms with van der Waals surface area (Å²) in [5.74, 6) is -0.343. The number of methoxy groups -OCH3 is 1. The van der Waals surface area contributed by atoms with E-state index in [-0.39, 0.29) is 18.0 Å². The average Bonchev–Trinajstić information content (AvgIpc) is 2.54. The number of hydrogen-bond acceptors (Lipinski definition) is 2. The number of nitrogens with zero attached hydrogens (tertiary/aromatic N) is 1. The first-order chi connectivity index (χ1) is 11.3. The molecular weight excluding hydrogens is 319 g/mol. The molecule has 0 fully saturated rings. The molecule has 0 atom stereocenters. The van der Waals surface area contributed by atoms with Gasteiger partial charge in [0.05, 0.1) is 12.2 Å². The minimum Gasteiger partial charge on any atom is -0.380 e. The Balaban J connectivity index is 2.20. The van der Waals surface area contributed by atoms with Crippen LogP contribution in [0, 0.1) is 0 Å². The molecule has 0 heterocycles. The number of amides is 1. The van der Waals surface area contributed by atoms with Crippen molar-refractivity contribution in [3.63, 3.8) is 0 Å². The molecule has 2 rings (SSSR count). The van der Waals surface area contributed by atoms with Crippen molar-refractivity contribution in [1.29, 1.82) is 0 Å². The van der Waals surface area contributed by atoms with Crippen LogP contribution in [0.3, 0.4) is 0 Å². The zero-order valence-corrected chi connectivity index (χ0v) is 13.4. The highest BCUT2D eigenvalue weighted by molar-refractivity contribution is 5.94. The van der Waals surface area contributed by atoms with E-state index in [1.807, 2.05) is 6.07 Å². The number of benzene rings is 2. The normalized spacial score (nSPS) is 11.4. The van der Waals surface area contributed by atoms with Crippen molar-refractivity contribution in [3.05, 3.63) is 70.8 Å². The Bertz CT molecular complexity index is 713. The first kappa shape index (κ1) is 18.0. The second-order valence-corrected chi connectivity index (χ2v) is 5.45. The van der Waals surface area contributed by atoms with Gasteiger partial charge in [0, 0.05) is 26.3 Å². The largest absolute Gasteiger partial charge is 0.416 e. The Kier molecular flexibility index (Phi) is 5.62. The van der Waals surface area contributed by atoms with E-state index in [1.165, 1.54) is 30.1 Å². The maximum absolute atomic E-state index is 13.0. The van der Waals surface area contributed by atoms with Gasteiger partial charge in [-0.15, -0.1) is 0 Å². The van der Waals surface area contributed by atoms with Crippen LogP contribution < -0.4 is 0 Å². The van der Waals surface area contributed by atoms with E-state index in [9.17, 15) is 18.0 Å². The van der Waals surface area contributed by atoms with Crippen LogP contribution in [-0.2, 0) is 24.1 Å². The minimum atomic E-state index is -4.45. The summed E-state index contributed by atoms with van der Waals surface area (Å²) in [4.78, 5) is 13.7. The number of halogens is 3. The van der Waals surface area contributed by atoms with Gasteiger partial charge in [0.25, 0.3) is 5.91 Å². The van der Waals surface area contributed by atoms with Crippen LogP contribution in [0.25, 0.3) is 0 Å². The number of carbonyl (C=O) groups is 1. The van der Waals surface area contributed by atoms with E-state index in [1.54, 1.807) is 25.3 Å². The van der Waals surface area contributed by atoms with E-state index >= 15 is 0 Å². The number of carbonyl (C=O) groups excluding carboxylic acids is 1. The third kappa shape index (κ3) is 4.35. The third-order valence-corrected chi connectivity index (χ3v) is 3.56. The summed E-state index contributed by atoms with van der Waals surface area (Å²) in [5, 5.41) is 0. The van der Waals surface area contributed by atoms with Crippen LogP contribution in [0.4, 0.5) is 13.2 Å². The van der Waals surface area contributed by atoms with Crippen molar-refractivity contribution in [2.75, 3.05) is 14.2 Å². The molecule has 24 heavy (non-hydrogen) atoms. The molecule has 3 nitrogen and oxygen atoms in total. The summed E-state index contributed by atoms with van der Waals surface area (Å²) in [7, 11) is 3.03. The number of rotatable bonds is 5. The molecule has 0 saturated carbocycles. The van der Waals surface area contributed by atoms with Gasteiger partial charge in [-0.25, -0.2) is 0 Å². The smallest absolute Gasteiger partial charge is 0.380 e. The van der Waals surface area contributed by atoms with Gasteiger partial charge in [0.1, 0.15) is 0 Å². The first-order valence-corrected chi connectivity index (χ1v) is 7.31. The number of hydrogen-bond donors (Lipinski definition) is 0. The summed E-state index contributed by atoms with van der Waals surface area (Å²) in [6.07, 6.45) is -4.45. The quantitative estimate of drug-likeness (QED) is 0.821. The zero-order valence-electron chi connectivity index (χ0n) is 13.4. The van der Waals surface area contributed by atoms with Crippen molar-refractivity contribution in [1.82, 2.24) is 4.90 Å². The standard InChI is InChI=1S/C18H18F3NO2/c1-22(11-15-7-3-4-9-16(15)18(19,20)21)17(23)14-8-5-6-13(10-14)12-24-2/h3-10H,11-12H2,1-2H3. The van der Waals surface area contributed by atoms with Gasteiger partial charge in [-0.3, -0.25) is 4.79 Å². The second kappa shape index (κ2) is 7.49. The van der Waals surface area contributed by atoms with Gasteiger partial charge < -0.3 is 9.64 Å². The molecule has 0 aliphatic heterocycles. The summed E-state index contributed by atoms with van der Waals surface area (Å²) in [6.45, 7) is 0.241. The van der Waals surface area contributed by atoms with Gasteiger partial charge >= 0.3 is 6.18 Å². The Labute approximate surface area is 138 Å². The maximum atomic E-state index is 13.0. The molecule has 0 radical (unpaired) electrons. The SMILES string of the molecule is COCc1cccc(C(=O)N(C)Cc2ccccc2C(F)(F)F)c1. The fourth-order valence-corrected chi connectivity index (χ4v) is 2.44. The zero-order chi connectivity index (χ0) is 17.7.